The highest BCUT2D eigenvalue weighted by atomic mass is 19.1. The maximum Gasteiger partial charge on any atom is 0.220 e. The fourth-order valence-corrected chi connectivity index (χ4v) is 0.874. The molecule has 0 saturated heterocycles. The molecular formula is C8H8F2N2O. The van der Waals surface area contributed by atoms with Crippen molar-refractivity contribution in [3.8, 4) is 0 Å². The zero-order valence-electron chi connectivity index (χ0n) is 6.92. The van der Waals surface area contributed by atoms with Gasteiger partial charge in [-0.25, -0.2) is 0 Å². The fraction of sp³-hybridized carbons (Fsp3) is 0.250. The molecule has 1 rings (SSSR count). The number of carbonyl (C=O) groups excluding carboxylic acids is 1. The summed E-state index contributed by atoms with van der Waals surface area (Å²) in [5.74, 6) is -2.37. The lowest BCUT2D eigenvalue weighted by atomic mass is 10.1. The van der Waals surface area contributed by atoms with Crippen molar-refractivity contribution >= 4 is 5.78 Å². The van der Waals surface area contributed by atoms with Gasteiger partial charge in [0.1, 0.15) is 0 Å². The summed E-state index contributed by atoms with van der Waals surface area (Å²) < 4.78 is 25.2. The SMILES string of the molecule is CC(=O)C(N)c1ccc(F)nc1F. The number of rotatable bonds is 2. The summed E-state index contributed by atoms with van der Waals surface area (Å²) in [4.78, 5) is 13.7. The Morgan fingerprint density at radius 1 is 1.54 bits per heavy atom. The van der Waals surface area contributed by atoms with E-state index in [1.54, 1.807) is 0 Å². The van der Waals surface area contributed by atoms with Crippen LogP contribution in [0.3, 0.4) is 0 Å². The molecule has 3 nitrogen and oxygen atoms in total. The highest BCUT2D eigenvalue weighted by Gasteiger charge is 2.16. The number of carbonyl (C=O) groups is 1. The summed E-state index contributed by atoms with van der Waals surface area (Å²) in [5, 5.41) is 0. The van der Waals surface area contributed by atoms with Crippen molar-refractivity contribution in [3.63, 3.8) is 0 Å². The molecule has 0 aromatic carbocycles. The monoisotopic (exact) mass is 186 g/mol. The number of aromatic nitrogens is 1. The Hall–Kier alpha value is -1.36. The van der Waals surface area contributed by atoms with Crippen LogP contribution in [-0.4, -0.2) is 10.8 Å². The van der Waals surface area contributed by atoms with E-state index >= 15 is 0 Å². The second-order valence-corrected chi connectivity index (χ2v) is 2.60. The lowest BCUT2D eigenvalue weighted by Gasteiger charge is -2.07. The fourth-order valence-electron chi connectivity index (χ4n) is 0.874. The number of hydrogen-bond acceptors (Lipinski definition) is 3. The zero-order valence-corrected chi connectivity index (χ0v) is 6.92. The van der Waals surface area contributed by atoms with E-state index in [1.165, 1.54) is 6.92 Å². The summed E-state index contributed by atoms with van der Waals surface area (Å²) in [6.07, 6.45) is 0. The van der Waals surface area contributed by atoms with Crippen LogP contribution in [-0.2, 0) is 4.79 Å². The van der Waals surface area contributed by atoms with Gasteiger partial charge in [0, 0.05) is 5.56 Å². The van der Waals surface area contributed by atoms with Crippen LogP contribution < -0.4 is 5.73 Å². The van der Waals surface area contributed by atoms with Crippen LogP contribution in [0.1, 0.15) is 18.5 Å². The van der Waals surface area contributed by atoms with Crippen LogP contribution in [0.2, 0.25) is 0 Å². The minimum atomic E-state index is -1.08. The molecule has 0 aliphatic rings. The predicted molar refractivity (Wildman–Crippen MR) is 41.8 cm³/mol. The van der Waals surface area contributed by atoms with Gasteiger partial charge in [0.05, 0.1) is 6.04 Å². The van der Waals surface area contributed by atoms with E-state index in [2.05, 4.69) is 4.98 Å². The number of Topliss-reactive ketones (excluding diaryl/α,β-unsaturated/α-hetero) is 1. The van der Waals surface area contributed by atoms with Crippen molar-refractivity contribution in [3.05, 3.63) is 29.6 Å². The van der Waals surface area contributed by atoms with Gasteiger partial charge >= 0.3 is 0 Å². The largest absolute Gasteiger partial charge is 0.318 e. The number of nitrogens with zero attached hydrogens (tertiary/aromatic N) is 1. The molecule has 0 aliphatic carbocycles. The van der Waals surface area contributed by atoms with Gasteiger partial charge in [0.15, 0.2) is 5.78 Å². The van der Waals surface area contributed by atoms with Gasteiger partial charge < -0.3 is 5.73 Å². The van der Waals surface area contributed by atoms with Crippen molar-refractivity contribution in [2.24, 2.45) is 5.73 Å². The summed E-state index contributed by atoms with van der Waals surface area (Å²) in [6, 6.07) is 0.999. The lowest BCUT2D eigenvalue weighted by molar-refractivity contribution is -0.118. The smallest absolute Gasteiger partial charge is 0.220 e. The number of ketones is 1. The molecule has 0 amide bonds. The van der Waals surface area contributed by atoms with Gasteiger partial charge in [-0.15, -0.1) is 0 Å². The molecule has 1 aromatic heterocycles. The maximum absolute atomic E-state index is 12.9. The van der Waals surface area contributed by atoms with Crippen LogP contribution >= 0.6 is 0 Å². The first-order valence-electron chi connectivity index (χ1n) is 3.60. The highest BCUT2D eigenvalue weighted by molar-refractivity contribution is 5.82. The molecule has 1 atom stereocenters. The number of halogens is 2. The third kappa shape index (κ3) is 2.06. The Labute approximate surface area is 73.6 Å². The van der Waals surface area contributed by atoms with Crippen molar-refractivity contribution in [2.75, 3.05) is 0 Å². The first kappa shape index (κ1) is 9.73. The molecule has 1 heterocycles. The molecule has 1 aromatic rings. The molecule has 0 bridgehead atoms. The summed E-state index contributed by atoms with van der Waals surface area (Å²) in [5.41, 5.74) is 5.25. The van der Waals surface area contributed by atoms with Crippen molar-refractivity contribution < 1.29 is 13.6 Å². The van der Waals surface area contributed by atoms with Gasteiger partial charge in [-0.2, -0.15) is 13.8 Å². The minimum absolute atomic E-state index is 0.0890. The van der Waals surface area contributed by atoms with Crippen LogP contribution in [0.15, 0.2) is 12.1 Å². The van der Waals surface area contributed by atoms with E-state index in [0.29, 0.717) is 0 Å². The minimum Gasteiger partial charge on any atom is -0.318 e. The van der Waals surface area contributed by atoms with E-state index < -0.39 is 23.7 Å². The van der Waals surface area contributed by atoms with Crippen molar-refractivity contribution in [1.29, 1.82) is 0 Å². The average Bonchev–Trinajstić information content (AvgIpc) is 2.03. The molecule has 5 heteroatoms. The molecule has 1 unspecified atom stereocenters. The van der Waals surface area contributed by atoms with Crippen LogP contribution in [0.5, 0.6) is 0 Å². The van der Waals surface area contributed by atoms with Crippen LogP contribution in [0, 0.1) is 11.9 Å². The molecule has 0 saturated carbocycles. The third-order valence-electron chi connectivity index (χ3n) is 1.62. The molecule has 0 spiro atoms. The van der Waals surface area contributed by atoms with Gasteiger partial charge in [-0.05, 0) is 19.1 Å². The predicted octanol–water partition coefficient (Wildman–Crippen LogP) is 0.949. The Bertz CT molecular complexity index is 341. The maximum atomic E-state index is 12.9. The second-order valence-electron chi connectivity index (χ2n) is 2.60. The van der Waals surface area contributed by atoms with E-state index in [1.807, 2.05) is 0 Å². The Morgan fingerprint density at radius 3 is 2.62 bits per heavy atom. The first-order valence-corrected chi connectivity index (χ1v) is 3.60. The van der Waals surface area contributed by atoms with E-state index in [9.17, 15) is 13.6 Å². The Morgan fingerprint density at radius 2 is 2.15 bits per heavy atom. The molecule has 13 heavy (non-hydrogen) atoms. The number of nitrogens with two attached hydrogens (primary N) is 1. The van der Waals surface area contributed by atoms with E-state index in [0.717, 1.165) is 12.1 Å². The molecule has 0 radical (unpaired) electrons. The quantitative estimate of drug-likeness (QED) is 0.699. The van der Waals surface area contributed by atoms with Crippen LogP contribution in [0.4, 0.5) is 8.78 Å². The topological polar surface area (TPSA) is 56.0 Å². The molecular weight excluding hydrogens is 178 g/mol. The third-order valence-corrected chi connectivity index (χ3v) is 1.62. The molecule has 70 valence electrons. The van der Waals surface area contributed by atoms with E-state index in [-0.39, 0.29) is 5.56 Å². The highest BCUT2D eigenvalue weighted by Crippen LogP contribution is 2.14. The van der Waals surface area contributed by atoms with E-state index in [4.69, 9.17) is 5.73 Å². The summed E-state index contributed by atoms with van der Waals surface area (Å²) >= 11 is 0. The number of pyridine rings is 1. The second kappa shape index (κ2) is 3.57. The summed E-state index contributed by atoms with van der Waals surface area (Å²) in [6.45, 7) is 1.23. The zero-order chi connectivity index (χ0) is 10.0. The molecule has 0 fully saturated rings. The number of hydrogen-bond donors (Lipinski definition) is 1. The van der Waals surface area contributed by atoms with Crippen LogP contribution in [0.25, 0.3) is 0 Å². The van der Waals surface area contributed by atoms with Crippen molar-refractivity contribution in [1.82, 2.24) is 4.98 Å². The average molecular weight is 186 g/mol. The van der Waals surface area contributed by atoms with Crippen molar-refractivity contribution in [2.45, 2.75) is 13.0 Å². The summed E-state index contributed by atoms with van der Waals surface area (Å²) in [7, 11) is 0. The Balaban J connectivity index is 3.08. The van der Waals surface area contributed by atoms with Gasteiger partial charge in [-0.1, -0.05) is 0 Å². The standard InChI is InChI=1S/C8H8F2N2O/c1-4(13)7(11)5-2-3-6(9)12-8(5)10/h2-3,7H,11H2,1H3. The van der Waals surface area contributed by atoms with Gasteiger partial charge in [0.25, 0.3) is 0 Å². The lowest BCUT2D eigenvalue weighted by Crippen LogP contribution is -2.20. The molecule has 2 N–H and O–H groups in total. The normalized spacial score (nSPS) is 12.6. The van der Waals surface area contributed by atoms with Gasteiger partial charge in [-0.3, -0.25) is 4.79 Å². The molecule has 0 aliphatic heterocycles. The first-order chi connectivity index (χ1) is 6.02. The Kier molecular flexibility index (Phi) is 2.67. The van der Waals surface area contributed by atoms with Gasteiger partial charge in [0.2, 0.25) is 11.9 Å².